The smallest absolute Gasteiger partial charge is 0.244 e. The van der Waals surface area contributed by atoms with Crippen molar-refractivity contribution in [2.75, 3.05) is 17.1 Å². The minimum atomic E-state index is -3.80. The van der Waals surface area contributed by atoms with Gasteiger partial charge in [0.1, 0.15) is 18.4 Å². The summed E-state index contributed by atoms with van der Waals surface area (Å²) in [6.45, 7) is 0.927. The van der Waals surface area contributed by atoms with Crippen LogP contribution in [0, 0.1) is 9.39 Å². The van der Waals surface area contributed by atoms with E-state index in [1.807, 2.05) is 0 Å². The standard InChI is InChI=1S/C25H31FIN3O4S/c1-18(25(32)28-21-9-4-3-5-10-21)29(16-19-8-6-7-11-23(19)26)24(31)17-30(35(2,33)34)22-14-12-20(27)13-15-22/h6-8,11-15,18,21H,3-5,9-10,16-17H2,1-2H3,(H,28,32)/t18-/m1/s1. The summed E-state index contributed by atoms with van der Waals surface area (Å²) in [6, 6.07) is 11.9. The number of halogens is 2. The SMILES string of the molecule is C[C@H](C(=O)NC1CCCCC1)N(Cc1ccccc1F)C(=O)CN(c1ccc(I)cc1)S(C)(=O)=O. The lowest BCUT2D eigenvalue weighted by Gasteiger charge is -2.33. The van der Waals surface area contributed by atoms with Crippen LogP contribution in [0.1, 0.15) is 44.6 Å². The first-order valence-electron chi connectivity index (χ1n) is 11.6. The third-order valence-electron chi connectivity index (χ3n) is 6.21. The zero-order valence-corrected chi connectivity index (χ0v) is 22.9. The summed E-state index contributed by atoms with van der Waals surface area (Å²) in [5, 5.41) is 3.02. The van der Waals surface area contributed by atoms with Gasteiger partial charge in [-0.2, -0.15) is 0 Å². The third kappa shape index (κ3) is 7.63. The summed E-state index contributed by atoms with van der Waals surface area (Å²) in [5.41, 5.74) is 0.588. The molecule has 0 heterocycles. The fourth-order valence-electron chi connectivity index (χ4n) is 4.18. The molecule has 190 valence electrons. The summed E-state index contributed by atoms with van der Waals surface area (Å²) >= 11 is 2.11. The molecule has 0 bridgehead atoms. The van der Waals surface area contributed by atoms with Gasteiger partial charge in [0, 0.05) is 21.7 Å². The highest BCUT2D eigenvalue weighted by molar-refractivity contribution is 14.1. The van der Waals surface area contributed by atoms with Crippen LogP contribution in [0.2, 0.25) is 0 Å². The van der Waals surface area contributed by atoms with Crippen LogP contribution in [-0.4, -0.2) is 50.0 Å². The second kappa shape index (κ2) is 12.2. The van der Waals surface area contributed by atoms with Gasteiger partial charge in [-0.25, -0.2) is 12.8 Å². The van der Waals surface area contributed by atoms with Crippen LogP contribution in [0.4, 0.5) is 10.1 Å². The van der Waals surface area contributed by atoms with Crippen molar-refractivity contribution in [3.05, 3.63) is 63.5 Å². The highest BCUT2D eigenvalue weighted by Crippen LogP contribution is 2.22. The van der Waals surface area contributed by atoms with Crippen molar-refractivity contribution in [2.24, 2.45) is 0 Å². The second-order valence-corrected chi connectivity index (χ2v) is 12.0. The molecule has 1 fully saturated rings. The zero-order chi connectivity index (χ0) is 25.6. The summed E-state index contributed by atoms with van der Waals surface area (Å²) in [4.78, 5) is 27.9. The predicted octanol–water partition coefficient (Wildman–Crippen LogP) is 4.06. The topological polar surface area (TPSA) is 86.8 Å². The van der Waals surface area contributed by atoms with Crippen LogP contribution < -0.4 is 9.62 Å². The highest BCUT2D eigenvalue weighted by atomic mass is 127. The molecule has 1 saturated carbocycles. The third-order valence-corrected chi connectivity index (χ3v) is 8.07. The maximum Gasteiger partial charge on any atom is 0.244 e. The van der Waals surface area contributed by atoms with Crippen LogP contribution in [0.15, 0.2) is 48.5 Å². The van der Waals surface area contributed by atoms with Gasteiger partial charge in [-0.15, -0.1) is 0 Å². The van der Waals surface area contributed by atoms with Gasteiger partial charge in [0.25, 0.3) is 0 Å². The Morgan fingerprint density at radius 2 is 1.71 bits per heavy atom. The Morgan fingerprint density at radius 3 is 2.31 bits per heavy atom. The van der Waals surface area contributed by atoms with Crippen molar-refractivity contribution in [3.8, 4) is 0 Å². The molecule has 2 amide bonds. The first-order chi connectivity index (χ1) is 16.6. The van der Waals surface area contributed by atoms with E-state index in [-0.39, 0.29) is 24.1 Å². The average molecular weight is 616 g/mol. The van der Waals surface area contributed by atoms with Crippen LogP contribution >= 0.6 is 22.6 Å². The van der Waals surface area contributed by atoms with E-state index in [0.717, 1.165) is 46.2 Å². The molecule has 10 heteroatoms. The second-order valence-electron chi connectivity index (χ2n) is 8.88. The molecule has 7 nitrogen and oxygen atoms in total. The maximum absolute atomic E-state index is 14.5. The molecule has 0 spiro atoms. The van der Waals surface area contributed by atoms with Gasteiger partial charge < -0.3 is 10.2 Å². The Kier molecular flexibility index (Phi) is 9.51. The lowest BCUT2D eigenvalue weighted by molar-refractivity contribution is -0.139. The van der Waals surface area contributed by atoms with E-state index in [9.17, 15) is 22.4 Å². The van der Waals surface area contributed by atoms with Crippen LogP contribution in [-0.2, 0) is 26.2 Å². The van der Waals surface area contributed by atoms with E-state index in [1.165, 1.54) is 11.0 Å². The number of sulfonamides is 1. The summed E-state index contributed by atoms with van der Waals surface area (Å²) in [6.07, 6.45) is 6.01. The number of carbonyl (C=O) groups is 2. The summed E-state index contributed by atoms with van der Waals surface area (Å²) in [5.74, 6) is -1.42. The lowest BCUT2D eigenvalue weighted by atomic mass is 9.95. The number of hydrogen-bond acceptors (Lipinski definition) is 4. The number of nitrogens with zero attached hydrogens (tertiary/aromatic N) is 2. The van der Waals surface area contributed by atoms with E-state index in [4.69, 9.17) is 0 Å². The number of hydrogen-bond donors (Lipinski definition) is 1. The maximum atomic E-state index is 14.5. The van der Waals surface area contributed by atoms with Crippen molar-refractivity contribution in [1.82, 2.24) is 10.2 Å². The molecule has 1 atom stereocenters. The van der Waals surface area contributed by atoms with Crippen molar-refractivity contribution >= 4 is 50.1 Å². The van der Waals surface area contributed by atoms with E-state index >= 15 is 0 Å². The first kappa shape index (κ1) is 27.4. The van der Waals surface area contributed by atoms with Gasteiger partial charge >= 0.3 is 0 Å². The van der Waals surface area contributed by atoms with Crippen molar-refractivity contribution < 1.29 is 22.4 Å². The molecule has 2 aromatic rings. The molecular weight excluding hydrogens is 584 g/mol. The normalized spacial score (nSPS) is 15.3. The lowest BCUT2D eigenvalue weighted by Crippen LogP contribution is -2.53. The van der Waals surface area contributed by atoms with Gasteiger partial charge in [-0.05, 0) is 72.7 Å². The Bertz CT molecular complexity index is 1140. The largest absolute Gasteiger partial charge is 0.352 e. The number of benzene rings is 2. The number of amides is 2. The quantitative estimate of drug-likeness (QED) is 0.432. The molecule has 1 N–H and O–H groups in total. The summed E-state index contributed by atoms with van der Waals surface area (Å²) in [7, 11) is -3.80. The van der Waals surface area contributed by atoms with Gasteiger partial charge in [0.05, 0.1) is 11.9 Å². The van der Waals surface area contributed by atoms with E-state index in [2.05, 4.69) is 27.9 Å². The molecule has 0 unspecified atom stereocenters. The number of anilines is 1. The van der Waals surface area contributed by atoms with E-state index in [0.29, 0.717) is 5.69 Å². The number of carbonyl (C=O) groups excluding carboxylic acids is 2. The Hall–Kier alpha value is -2.21. The Labute approximate surface area is 220 Å². The van der Waals surface area contributed by atoms with Crippen LogP contribution in [0.5, 0.6) is 0 Å². The molecule has 1 aliphatic carbocycles. The zero-order valence-electron chi connectivity index (χ0n) is 19.9. The molecule has 0 aliphatic heterocycles. The minimum Gasteiger partial charge on any atom is -0.352 e. The molecule has 3 rings (SSSR count). The average Bonchev–Trinajstić information content (AvgIpc) is 2.82. The number of nitrogens with one attached hydrogen (secondary N) is 1. The van der Waals surface area contributed by atoms with Crippen LogP contribution in [0.3, 0.4) is 0 Å². The minimum absolute atomic E-state index is 0.0448. The highest BCUT2D eigenvalue weighted by Gasteiger charge is 2.31. The molecule has 0 saturated heterocycles. The monoisotopic (exact) mass is 615 g/mol. The molecule has 35 heavy (non-hydrogen) atoms. The van der Waals surface area contributed by atoms with Crippen LogP contribution in [0.25, 0.3) is 0 Å². The van der Waals surface area contributed by atoms with E-state index in [1.54, 1.807) is 49.4 Å². The Morgan fingerprint density at radius 1 is 1.09 bits per heavy atom. The molecule has 1 aliphatic rings. The number of rotatable bonds is 9. The van der Waals surface area contributed by atoms with Crippen molar-refractivity contribution in [3.63, 3.8) is 0 Å². The van der Waals surface area contributed by atoms with Gasteiger partial charge in [-0.1, -0.05) is 37.5 Å². The van der Waals surface area contributed by atoms with Gasteiger partial charge in [0.15, 0.2) is 0 Å². The fourth-order valence-corrected chi connectivity index (χ4v) is 5.39. The first-order valence-corrected chi connectivity index (χ1v) is 14.6. The molecular formula is C25H31FIN3O4S. The van der Waals surface area contributed by atoms with E-state index < -0.39 is 34.3 Å². The van der Waals surface area contributed by atoms with Gasteiger partial charge in [0.2, 0.25) is 21.8 Å². The summed E-state index contributed by atoms with van der Waals surface area (Å²) < 4.78 is 41.5. The predicted molar refractivity (Wildman–Crippen MR) is 143 cm³/mol. The van der Waals surface area contributed by atoms with Crippen molar-refractivity contribution in [1.29, 1.82) is 0 Å². The molecule has 0 radical (unpaired) electrons. The molecule has 2 aromatic carbocycles. The Balaban J connectivity index is 1.87. The molecule has 0 aromatic heterocycles. The van der Waals surface area contributed by atoms with Gasteiger partial charge in [-0.3, -0.25) is 13.9 Å². The fraction of sp³-hybridized carbons (Fsp3) is 0.440. The van der Waals surface area contributed by atoms with Crippen molar-refractivity contribution in [2.45, 2.75) is 57.7 Å².